The van der Waals surface area contributed by atoms with E-state index in [4.69, 9.17) is 9.52 Å². The first-order chi connectivity index (χ1) is 10.1. The minimum absolute atomic E-state index is 0.137. The minimum Gasteiger partial charge on any atom is -0.478 e. The summed E-state index contributed by atoms with van der Waals surface area (Å²) in [7, 11) is 0. The van der Waals surface area contributed by atoms with E-state index in [0.717, 1.165) is 11.4 Å². The van der Waals surface area contributed by atoms with Crippen LogP contribution in [-0.2, 0) is 6.42 Å². The molecule has 0 spiro atoms. The molecule has 0 atom stereocenters. The highest BCUT2D eigenvalue weighted by Crippen LogP contribution is 2.25. The molecule has 3 rings (SSSR count). The van der Waals surface area contributed by atoms with Crippen molar-refractivity contribution in [1.82, 2.24) is 4.98 Å². The van der Waals surface area contributed by atoms with Gasteiger partial charge in [-0.25, -0.2) is 9.78 Å². The van der Waals surface area contributed by atoms with Crippen molar-refractivity contribution >= 4 is 17.3 Å². The van der Waals surface area contributed by atoms with Crippen molar-refractivity contribution in [3.05, 3.63) is 63.7 Å². The lowest BCUT2D eigenvalue weighted by Crippen LogP contribution is -1.91. The molecule has 4 nitrogen and oxygen atoms in total. The predicted molar refractivity (Wildman–Crippen MR) is 80.8 cm³/mol. The van der Waals surface area contributed by atoms with Crippen LogP contribution in [0.15, 0.2) is 46.4 Å². The van der Waals surface area contributed by atoms with Crippen LogP contribution in [0.25, 0.3) is 11.5 Å². The number of carbonyl (C=O) groups is 1. The second kappa shape index (κ2) is 5.54. The normalized spacial score (nSPS) is 10.7. The van der Waals surface area contributed by atoms with E-state index in [-0.39, 0.29) is 5.56 Å². The first kappa shape index (κ1) is 13.6. The molecule has 0 saturated carbocycles. The standard InChI is InChI=1S/C16H13NO3S/c1-10-2-4-11(5-3-10)6-15-17-13(9-21-15)14-7-12(8-20-14)16(18)19/h2-5,7-9H,6H2,1H3,(H,18,19). The maximum absolute atomic E-state index is 10.8. The average Bonchev–Trinajstić information content (AvgIpc) is 3.10. The van der Waals surface area contributed by atoms with Gasteiger partial charge in [-0.15, -0.1) is 11.3 Å². The summed E-state index contributed by atoms with van der Waals surface area (Å²) in [5, 5.41) is 11.7. The lowest BCUT2D eigenvalue weighted by molar-refractivity contribution is 0.0696. The molecule has 2 aromatic heterocycles. The molecule has 2 heterocycles. The molecule has 0 fully saturated rings. The van der Waals surface area contributed by atoms with Gasteiger partial charge in [-0.05, 0) is 12.5 Å². The number of nitrogens with zero attached hydrogens (tertiary/aromatic N) is 1. The monoisotopic (exact) mass is 299 g/mol. The Hall–Kier alpha value is -2.40. The van der Waals surface area contributed by atoms with E-state index in [1.165, 1.54) is 23.5 Å². The summed E-state index contributed by atoms with van der Waals surface area (Å²) in [5.41, 5.74) is 3.25. The first-order valence-electron chi connectivity index (χ1n) is 6.44. The van der Waals surface area contributed by atoms with Crippen molar-refractivity contribution in [3.8, 4) is 11.5 Å². The molecule has 0 radical (unpaired) electrons. The van der Waals surface area contributed by atoms with Crippen LogP contribution in [0.3, 0.4) is 0 Å². The van der Waals surface area contributed by atoms with Gasteiger partial charge in [0.05, 0.1) is 10.6 Å². The zero-order valence-corrected chi connectivity index (χ0v) is 12.2. The fraction of sp³-hybridized carbons (Fsp3) is 0.125. The highest BCUT2D eigenvalue weighted by molar-refractivity contribution is 7.10. The van der Waals surface area contributed by atoms with E-state index in [0.29, 0.717) is 11.5 Å². The van der Waals surface area contributed by atoms with Crippen molar-refractivity contribution in [3.63, 3.8) is 0 Å². The van der Waals surface area contributed by atoms with Gasteiger partial charge in [-0.1, -0.05) is 29.8 Å². The van der Waals surface area contributed by atoms with Gasteiger partial charge in [0, 0.05) is 17.9 Å². The zero-order chi connectivity index (χ0) is 14.8. The Kier molecular flexibility index (Phi) is 3.58. The number of benzene rings is 1. The number of aromatic carboxylic acids is 1. The van der Waals surface area contributed by atoms with Crippen molar-refractivity contribution in [1.29, 1.82) is 0 Å². The number of thiazole rings is 1. The quantitative estimate of drug-likeness (QED) is 0.791. The predicted octanol–water partition coefficient (Wildman–Crippen LogP) is 4.00. The molecule has 1 aromatic carbocycles. The molecule has 0 aliphatic heterocycles. The van der Waals surface area contributed by atoms with E-state index < -0.39 is 5.97 Å². The lowest BCUT2D eigenvalue weighted by atomic mass is 10.1. The van der Waals surface area contributed by atoms with E-state index in [1.807, 2.05) is 5.38 Å². The lowest BCUT2D eigenvalue weighted by Gasteiger charge is -1.98. The van der Waals surface area contributed by atoms with E-state index in [2.05, 4.69) is 36.2 Å². The molecular weight excluding hydrogens is 286 g/mol. The summed E-state index contributed by atoms with van der Waals surface area (Å²) in [4.78, 5) is 15.3. The number of hydrogen-bond acceptors (Lipinski definition) is 4. The Morgan fingerprint density at radius 2 is 2.10 bits per heavy atom. The zero-order valence-electron chi connectivity index (χ0n) is 11.4. The molecule has 3 aromatic rings. The SMILES string of the molecule is Cc1ccc(Cc2nc(-c3cc(C(=O)O)co3)cs2)cc1. The summed E-state index contributed by atoms with van der Waals surface area (Å²) in [6.07, 6.45) is 1.99. The second-order valence-electron chi connectivity index (χ2n) is 4.79. The topological polar surface area (TPSA) is 63.3 Å². The highest BCUT2D eigenvalue weighted by Gasteiger charge is 2.12. The van der Waals surface area contributed by atoms with Crippen molar-refractivity contribution in [2.75, 3.05) is 0 Å². The fourth-order valence-corrected chi connectivity index (χ4v) is 2.79. The molecule has 106 valence electrons. The highest BCUT2D eigenvalue weighted by atomic mass is 32.1. The number of furan rings is 1. The largest absolute Gasteiger partial charge is 0.478 e. The Morgan fingerprint density at radius 3 is 2.76 bits per heavy atom. The van der Waals surface area contributed by atoms with Gasteiger partial charge in [0.15, 0.2) is 5.76 Å². The minimum atomic E-state index is -1.000. The van der Waals surface area contributed by atoms with E-state index in [1.54, 1.807) is 11.3 Å². The number of rotatable bonds is 4. The number of carboxylic acid groups (broad SMARTS) is 1. The summed E-state index contributed by atoms with van der Waals surface area (Å²) < 4.78 is 5.25. The second-order valence-corrected chi connectivity index (χ2v) is 5.74. The third kappa shape index (κ3) is 3.03. The van der Waals surface area contributed by atoms with Gasteiger partial charge < -0.3 is 9.52 Å². The Bertz CT molecular complexity index is 771. The molecule has 0 bridgehead atoms. The van der Waals surface area contributed by atoms with Crippen LogP contribution >= 0.6 is 11.3 Å². The van der Waals surface area contributed by atoms with Crippen LogP contribution in [0, 0.1) is 6.92 Å². The molecule has 5 heteroatoms. The smallest absolute Gasteiger partial charge is 0.338 e. The van der Waals surface area contributed by atoms with Gasteiger partial charge in [0.1, 0.15) is 12.0 Å². The van der Waals surface area contributed by atoms with Crippen LogP contribution in [0.4, 0.5) is 0 Å². The average molecular weight is 299 g/mol. The number of aromatic nitrogens is 1. The van der Waals surface area contributed by atoms with E-state index >= 15 is 0 Å². The molecule has 1 N–H and O–H groups in total. The third-order valence-corrected chi connectivity index (χ3v) is 3.98. The van der Waals surface area contributed by atoms with Gasteiger partial charge >= 0.3 is 5.97 Å². The van der Waals surface area contributed by atoms with Gasteiger partial charge in [0.25, 0.3) is 0 Å². The molecule has 0 saturated heterocycles. The molecular formula is C16H13NO3S. The molecule has 0 amide bonds. The summed E-state index contributed by atoms with van der Waals surface area (Å²) in [5.74, 6) is -0.515. The Labute approximate surface area is 125 Å². The summed E-state index contributed by atoms with van der Waals surface area (Å²) >= 11 is 1.54. The number of aryl methyl sites for hydroxylation is 1. The number of carboxylic acids is 1. The first-order valence-corrected chi connectivity index (χ1v) is 7.32. The Morgan fingerprint density at radius 1 is 1.33 bits per heavy atom. The van der Waals surface area contributed by atoms with Crippen LogP contribution in [-0.4, -0.2) is 16.1 Å². The maximum Gasteiger partial charge on any atom is 0.338 e. The van der Waals surface area contributed by atoms with Crippen LogP contribution in [0.2, 0.25) is 0 Å². The van der Waals surface area contributed by atoms with Gasteiger partial charge in [-0.2, -0.15) is 0 Å². The summed E-state index contributed by atoms with van der Waals surface area (Å²) in [6, 6.07) is 9.83. The van der Waals surface area contributed by atoms with Crippen LogP contribution in [0.1, 0.15) is 26.5 Å². The van der Waals surface area contributed by atoms with Crippen LogP contribution in [0.5, 0.6) is 0 Å². The third-order valence-electron chi connectivity index (χ3n) is 3.13. The molecule has 0 aliphatic rings. The molecule has 21 heavy (non-hydrogen) atoms. The van der Waals surface area contributed by atoms with Gasteiger partial charge in [-0.3, -0.25) is 0 Å². The molecule has 0 unspecified atom stereocenters. The van der Waals surface area contributed by atoms with E-state index in [9.17, 15) is 4.79 Å². The van der Waals surface area contributed by atoms with Gasteiger partial charge in [0.2, 0.25) is 0 Å². The fourth-order valence-electron chi connectivity index (χ4n) is 1.97. The summed E-state index contributed by atoms with van der Waals surface area (Å²) in [6.45, 7) is 2.06. The Balaban J connectivity index is 1.79. The van der Waals surface area contributed by atoms with Crippen molar-refractivity contribution in [2.45, 2.75) is 13.3 Å². The van der Waals surface area contributed by atoms with Crippen molar-refractivity contribution in [2.24, 2.45) is 0 Å². The molecule has 0 aliphatic carbocycles. The maximum atomic E-state index is 10.8. The van der Waals surface area contributed by atoms with Crippen molar-refractivity contribution < 1.29 is 14.3 Å². The number of hydrogen-bond donors (Lipinski definition) is 1. The van der Waals surface area contributed by atoms with Crippen LogP contribution < -0.4 is 0 Å².